The molecule has 1 aromatic heterocycles. The van der Waals surface area contributed by atoms with Crippen LogP contribution in [0.5, 0.6) is 0 Å². The summed E-state index contributed by atoms with van der Waals surface area (Å²) in [7, 11) is 0. The van der Waals surface area contributed by atoms with Crippen molar-refractivity contribution < 1.29 is 19.1 Å². The summed E-state index contributed by atoms with van der Waals surface area (Å²) in [5.74, 6) is -0.932. The third-order valence-electron chi connectivity index (χ3n) is 4.06. The van der Waals surface area contributed by atoms with Crippen molar-refractivity contribution in [2.75, 3.05) is 0 Å². The van der Waals surface area contributed by atoms with Gasteiger partial charge in [-0.05, 0) is 42.7 Å². The highest BCUT2D eigenvalue weighted by Gasteiger charge is 2.29. The molecule has 2 fully saturated rings. The minimum atomic E-state index is -1.18. The van der Waals surface area contributed by atoms with Crippen molar-refractivity contribution in [2.24, 2.45) is 10.9 Å². The lowest BCUT2D eigenvalue weighted by atomic mass is 9.84. The lowest BCUT2D eigenvalue weighted by Gasteiger charge is -2.28. The zero-order valence-electron chi connectivity index (χ0n) is 12.5. The topological polar surface area (TPSA) is 94.7 Å². The number of aliphatic imine (C=N–C) groups is 1. The molecule has 0 bridgehead atoms. The third-order valence-corrected chi connectivity index (χ3v) is 4.99. The summed E-state index contributed by atoms with van der Waals surface area (Å²) in [6.45, 7) is 0. The van der Waals surface area contributed by atoms with Crippen LogP contribution in [0.2, 0.25) is 0 Å². The maximum atomic E-state index is 12.0. The molecule has 7 heteroatoms. The van der Waals surface area contributed by atoms with Gasteiger partial charge in [-0.15, -0.1) is 0 Å². The lowest BCUT2D eigenvalue weighted by molar-refractivity contribution is -0.308. The Morgan fingerprint density at radius 3 is 2.87 bits per heavy atom. The van der Waals surface area contributed by atoms with Gasteiger partial charge in [-0.1, -0.05) is 19.3 Å². The van der Waals surface area contributed by atoms with Crippen LogP contribution in [0.15, 0.2) is 32.7 Å². The molecule has 2 heterocycles. The third kappa shape index (κ3) is 3.85. The molecule has 6 nitrogen and oxygen atoms in total. The first kappa shape index (κ1) is 15.9. The van der Waals surface area contributed by atoms with E-state index in [-0.39, 0.29) is 11.8 Å². The van der Waals surface area contributed by atoms with Crippen LogP contribution < -0.4 is 10.4 Å². The van der Waals surface area contributed by atoms with Crippen LogP contribution >= 0.6 is 11.8 Å². The van der Waals surface area contributed by atoms with Gasteiger partial charge in [0, 0.05) is 6.08 Å². The molecule has 0 aromatic carbocycles. The van der Waals surface area contributed by atoms with Crippen molar-refractivity contribution in [3.8, 4) is 0 Å². The predicted molar refractivity (Wildman–Crippen MR) is 85.2 cm³/mol. The van der Waals surface area contributed by atoms with Gasteiger partial charge in [-0.3, -0.25) is 9.79 Å². The number of thioether (sulfide) groups is 1. The Balaban J connectivity index is 1.76. The van der Waals surface area contributed by atoms with Gasteiger partial charge >= 0.3 is 0 Å². The fraction of sp³-hybridized carbons (Fsp3) is 0.438. The molecule has 3 rings (SSSR count). The zero-order valence-corrected chi connectivity index (χ0v) is 13.3. The maximum absolute atomic E-state index is 12.0. The van der Waals surface area contributed by atoms with Crippen LogP contribution in [-0.4, -0.2) is 23.1 Å². The van der Waals surface area contributed by atoms with E-state index in [1.54, 1.807) is 18.2 Å². The molecule has 1 saturated carbocycles. The second-order valence-corrected chi connectivity index (χ2v) is 6.71. The average molecular weight is 333 g/mol. The number of carboxylic acid groups (broad SMARTS) is 1. The SMILES string of the molecule is O=C1NC(=N[C@H](C(=O)[O-])C2CCCCC2)S/C1=C/c1ccco1. The fourth-order valence-electron chi connectivity index (χ4n) is 2.92. The summed E-state index contributed by atoms with van der Waals surface area (Å²) in [5, 5.41) is 14.4. The second-order valence-electron chi connectivity index (χ2n) is 5.68. The number of amides is 1. The van der Waals surface area contributed by atoms with Crippen LogP contribution in [0.3, 0.4) is 0 Å². The van der Waals surface area contributed by atoms with Gasteiger partial charge < -0.3 is 19.6 Å². The quantitative estimate of drug-likeness (QED) is 0.843. The van der Waals surface area contributed by atoms with Crippen LogP contribution in [0.1, 0.15) is 37.9 Å². The smallest absolute Gasteiger partial charge is 0.264 e. The van der Waals surface area contributed by atoms with E-state index in [1.807, 2.05) is 0 Å². The largest absolute Gasteiger partial charge is 0.548 e. The molecule has 0 radical (unpaired) electrons. The number of aliphatic carboxylic acids is 1. The number of furan rings is 1. The lowest BCUT2D eigenvalue weighted by Crippen LogP contribution is -2.41. The summed E-state index contributed by atoms with van der Waals surface area (Å²) in [4.78, 5) is 28.1. The Morgan fingerprint density at radius 1 is 1.43 bits per heavy atom. The first-order chi connectivity index (χ1) is 11.1. The van der Waals surface area contributed by atoms with Crippen molar-refractivity contribution in [2.45, 2.75) is 38.1 Å². The van der Waals surface area contributed by atoms with Crippen LogP contribution in [0.4, 0.5) is 0 Å². The highest BCUT2D eigenvalue weighted by atomic mass is 32.2. The maximum Gasteiger partial charge on any atom is 0.264 e. The molecule has 23 heavy (non-hydrogen) atoms. The number of hydrogen-bond donors (Lipinski definition) is 1. The van der Waals surface area contributed by atoms with Gasteiger partial charge in [0.15, 0.2) is 5.17 Å². The Bertz CT molecular complexity index is 645. The Labute approximate surface area is 138 Å². The monoisotopic (exact) mass is 333 g/mol. The van der Waals surface area contributed by atoms with Crippen molar-refractivity contribution in [1.82, 2.24) is 5.32 Å². The molecule has 122 valence electrons. The summed E-state index contributed by atoms with van der Waals surface area (Å²) in [6, 6.07) is 2.57. The van der Waals surface area contributed by atoms with Gasteiger partial charge in [-0.2, -0.15) is 0 Å². The van der Waals surface area contributed by atoms with Crippen molar-refractivity contribution in [3.63, 3.8) is 0 Å². The molecule has 1 aliphatic heterocycles. The number of hydrogen-bond acceptors (Lipinski definition) is 6. The molecular weight excluding hydrogens is 316 g/mol. The first-order valence-electron chi connectivity index (χ1n) is 7.66. The number of carbonyl (C=O) groups is 2. The van der Waals surface area contributed by atoms with Gasteiger partial charge in [0.25, 0.3) is 5.91 Å². The van der Waals surface area contributed by atoms with Crippen LogP contribution in [0, 0.1) is 5.92 Å². The Hall–Kier alpha value is -2.02. The minimum Gasteiger partial charge on any atom is -0.548 e. The molecule has 1 amide bonds. The number of nitrogens with one attached hydrogen (secondary N) is 1. The number of rotatable bonds is 4. The molecule has 1 aliphatic carbocycles. The highest BCUT2D eigenvalue weighted by Crippen LogP contribution is 2.31. The molecule has 1 N–H and O–H groups in total. The van der Waals surface area contributed by atoms with Crippen LogP contribution in [0.25, 0.3) is 6.08 Å². The molecule has 0 unspecified atom stereocenters. The second kappa shape index (κ2) is 7.04. The summed E-state index contributed by atoms with van der Waals surface area (Å²) in [6.07, 6.45) is 7.97. The van der Waals surface area contributed by atoms with E-state index in [0.29, 0.717) is 15.8 Å². The van der Waals surface area contributed by atoms with Gasteiger partial charge in [0.05, 0.1) is 23.2 Å². The van der Waals surface area contributed by atoms with Crippen LogP contribution in [-0.2, 0) is 9.59 Å². The average Bonchev–Trinajstić information content (AvgIpc) is 3.16. The minimum absolute atomic E-state index is 0.0168. The standard InChI is InChI=1S/C16H18N2O4S/c19-14-12(9-11-7-4-8-22-11)23-16(18-14)17-13(15(20)21)10-5-2-1-3-6-10/h4,7-10,13H,1-3,5-6H2,(H,20,21)(H,17,18,19)/p-1/b12-9+/t13-/m0/s1. The molecule has 1 atom stereocenters. The number of amidine groups is 1. The fourth-order valence-corrected chi connectivity index (χ4v) is 3.75. The summed E-state index contributed by atoms with van der Waals surface area (Å²) in [5.41, 5.74) is 0. The summed E-state index contributed by atoms with van der Waals surface area (Å²) >= 11 is 1.13. The molecule has 1 aromatic rings. The van der Waals surface area contributed by atoms with Crippen molar-refractivity contribution in [3.05, 3.63) is 29.1 Å². The van der Waals surface area contributed by atoms with Gasteiger partial charge in [0.1, 0.15) is 5.76 Å². The number of carbonyl (C=O) groups excluding carboxylic acids is 2. The molecule has 2 aliphatic rings. The van der Waals surface area contributed by atoms with Gasteiger partial charge in [0.2, 0.25) is 0 Å². The number of carboxylic acids is 1. The molecular formula is C16H17N2O4S-. The van der Waals surface area contributed by atoms with E-state index in [2.05, 4.69) is 10.3 Å². The van der Waals surface area contributed by atoms with E-state index in [4.69, 9.17) is 4.42 Å². The molecule has 1 saturated heterocycles. The van der Waals surface area contributed by atoms with E-state index in [1.165, 1.54) is 6.26 Å². The first-order valence-corrected chi connectivity index (χ1v) is 8.48. The van der Waals surface area contributed by atoms with Gasteiger partial charge in [-0.25, -0.2) is 0 Å². The van der Waals surface area contributed by atoms with E-state index >= 15 is 0 Å². The Kier molecular flexibility index (Phi) is 4.85. The van der Waals surface area contributed by atoms with E-state index in [0.717, 1.165) is 43.9 Å². The highest BCUT2D eigenvalue weighted by molar-refractivity contribution is 8.18. The van der Waals surface area contributed by atoms with E-state index in [9.17, 15) is 14.7 Å². The molecule has 0 spiro atoms. The number of nitrogens with zero attached hydrogens (tertiary/aromatic N) is 1. The summed E-state index contributed by atoms with van der Waals surface area (Å²) < 4.78 is 5.18. The normalized spacial score (nSPS) is 24.1. The van der Waals surface area contributed by atoms with E-state index < -0.39 is 12.0 Å². The predicted octanol–water partition coefficient (Wildman–Crippen LogP) is 1.54. The van der Waals surface area contributed by atoms with Crippen molar-refractivity contribution >= 4 is 34.9 Å². The van der Waals surface area contributed by atoms with Crippen molar-refractivity contribution in [1.29, 1.82) is 0 Å². The Morgan fingerprint density at radius 2 is 2.22 bits per heavy atom. The zero-order chi connectivity index (χ0) is 16.2.